The van der Waals surface area contributed by atoms with E-state index in [-0.39, 0.29) is 0 Å². The lowest BCUT2D eigenvalue weighted by Crippen LogP contribution is -1.94. The van der Waals surface area contributed by atoms with Gasteiger partial charge in [0, 0.05) is 18.6 Å². The first-order valence-electron chi connectivity index (χ1n) is 2.83. The van der Waals surface area contributed by atoms with Gasteiger partial charge in [0.1, 0.15) is 6.20 Å². The second-order valence-corrected chi connectivity index (χ2v) is 1.91. The summed E-state index contributed by atoms with van der Waals surface area (Å²) in [6.07, 6.45) is 7.78. The Labute approximate surface area is 57.3 Å². The summed E-state index contributed by atoms with van der Waals surface area (Å²) in [5.41, 5.74) is 6.15. The second-order valence-electron chi connectivity index (χ2n) is 1.91. The van der Waals surface area contributed by atoms with Gasteiger partial charge in [0.05, 0.1) is 0 Å². The molecule has 0 saturated heterocycles. The first kappa shape index (κ1) is 5.22. The molecule has 0 aliphatic heterocycles. The maximum atomic E-state index is 5.47. The van der Waals surface area contributed by atoms with Crippen molar-refractivity contribution in [3.63, 3.8) is 0 Å². The van der Waals surface area contributed by atoms with Crippen molar-refractivity contribution in [1.82, 2.24) is 14.4 Å². The van der Waals surface area contributed by atoms with Crippen LogP contribution in [0.3, 0.4) is 0 Å². The fourth-order valence-electron chi connectivity index (χ4n) is 0.826. The van der Waals surface area contributed by atoms with Crippen LogP contribution >= 0.6 is 0 Å². The molecule has 2 heterocycles. The van der Waals surface area contributed by atoms with Crippen molar-refractivity contribution in [2.24, 2.45) is 0 Å². The van der Waals surface area contributed by atoms with Crippen LogP contribution in [0.25, 0.3) is 5.65 Å². The molecule has 2 aromatic heterocycles. The molecule has 0 amide bonds. The number of nitrogen functional groups attached to an aromatic ring is 1. The molecular weight excluding hydrogens is 128 g/mol. The topological polar surface area (TPSA) is 56.2 Å². The normalized spacial score (nSPS) is 10.4. The van der Waals surface area contributed by atoms with E-state index < -0.39 is 0 Å². The zero-order chi connectivity index (χ0) is 6.97. The van der Waals surface area contributed by atoms with Crippen LogP contribution in [-0.4, -0.2) is 14.4 Å². The predicted molar refractivity (Wildman–Crippen MR) is 36.2 cm³/mol. The number of rotatable bonds is 0. The van der Waals surface area contributed by atoms with Crippen LogP contribution in [0.5, 0.6) is 0 Å². The van der Waals surface area contributed by atoms with Crippen LogP contribution in [0, 0.1) is 6.20 Å². The number of nitrogens with zero attached hydrogens (tertiary/aromatic N) is 3. The summed E-state index contributed by atoms with van der Waals surface area (Å²) in [6, 6.07) is 0. The Morgan fingerprint density at radius 2 is 2.50 bits per heavy atom. The van der Waals surface area contributed by atoms with Crippen LogP contribution in [0.4, 0.5) is 5.82 Å². The molecule has 2 N–H and O–H groups in total. The van der Waals surface area contributed by atoms with Gasteiger partial charge in [-0.1, -0.05) is 0 Å². The number of anilines is 1. The standard InChI is InChI=1S/C6H5N4/c7-5-6-9-2-4-10(6)3-1-8-5/h2-4H,(H2,7,8). The molecule has 0 atom stereocenters. The van der Waals surface area contributed by atoms with Crippen molar-refractivity contribution >= 4 is 11.5 Å². The third-order valence-corrected chi connectivity index (χ3v) is 1.28. The molecule has 0 spiro atoms. The number of hydrogen-bond acceptors (Lipinski definition) is 3. The number of nitrogens with two attached hydrogens (primary N) is 1. The first-order chi connectivity index (χ1) is 4.88. The van der Waals surface area contributed by atoms with Crippen molar-refractivity contribution in [2.45, 2.75) is 0 Å². The van der Waals surface area contributed by atoms with Crippen molar-refractivity contribution in [1.29, 1.82) is 0 Å². The Morgan fingerprint density at radius 3 is 3.30 bits per heavy atom. The van der Waals surface area contributed by atoms with E-state index in [1.807, 2.05) is 0 Å². The molecule has 0 unspecified atom stereocenters. The Bertz CT molecular complexity index is 351. The molecule has 10 heavy (non-hydrogen) atoms. The molecular formula is C6H5N4. The maximum Gasteiger partial charge on any atom is 0.179 e. The van der Waals surface area contributed by atoms with Crippen LogP contribution in [0.2, 0.25) is 0 Å². The van der Waals surface area contributed by atoms with E-state index in [0.717, 1.165) is 0 Å². The fourth-order valence-corrected chi connectivity index (χ4v) is 0.826. The van der Waals surface area contributed by atoms with Gasteiger partial charge in [0.15, 0.2) is 11.5 Å². The highest BCUT2D eigenvalue weighted by Gasteiger charge is 1.96. The zero-order valence-corrected chi connectivity index (χ0v) is 5.15. The Kier molecular flexibility index (Phi) is 0.887. The smallest absolute Gasteiger partial charge is 0.179 e. The first-order valence-corrected chi connectivity index (χ1v) is 2.83. The van der Waals surface area contributed by atoms with Crippen molar-refractivity contribution in [2.75, 3.05) is 5.73 Å². The number of aromatic nitrogens is 3. The minimum atomic E-state index is 0.410. The fraction of sp³-hybridized carbons (Fsp3) is 0. The summed E-state index contributed by atoms with van der Waals surface area (Å²) in [4.78, 5) is 7.72. The maximum absolute atomic E-state index is 5.47. The van der Waals surface area contributed by atoms with E-state index in [9.17, 15) is 0 Å². The van der Waals surface area contributed by atoms with E-state index in [2.05, 4.69) is 16.2 Å². The van der Waals surface area contributed by atoms with Gasteiger partial charge in [-0.25, -0.2) is 9.97 Å². The van der Waals surface area contributed by atoms with Crippen molar-refractivity contribution < 1.29 is 0 Å². The summed E-state index contributed by atoms with van der Waals surface area (Å²) in [7, 11) is 0. The molecule has 1 radical (unpaired) electrons. The Balaban J connectivity index is 2.95. The minimum absolute atomic E-state index is 0.410. The summed E-state index contributed by atoms with van der Waals surface area (Å²) < 4.78 is 1.77. The molecule has 2 rings (SSSR count). The number of hydrogen-bond donors (Lipinski definition) is 1. The molecule has 0 fully saturated rings. The van der Waals surface area contributed by atoms with Gasteiger partial charge in [-0.05, 0) is 0 Å². The lowest BCUT2D eigenvalue weighted by atomic mass is 10.6. The third-order valence-electron chi connectivity index (χ3n) is 1.28. The quantitative estimate of drug-likeness (QED) is 0.555. The van der Waals surface area contributed by atoms with Crippen LogP contribution < -0.4 is 5.73 Å². The monoisotopic (exact) mass is 133 g/mol. The molecule has 0 bridgehead atoms. The van der Waals surface area contributed by atoms with Crippen LogP contribution in [0.15, 0.2) is 18.6 Å². The third kappa shape index (κ3) is 0.556. The number of imidazole rings is 1. The van der Waals surface area contributed by atoms with Gasteiger partial charge >= 0.3 is 0 Å². The predicted octanol–water partition coefficient (Wildman–Crippen LogP) is 0.112. The van der Waals surface area contributed by atoms with E-state index in [1.54, 1.807) is 23.0 Å². The highest BCUT2D eigenvalue weighted by molar-refractivity contribution is 5.58. The lowest BCUT2D eigenvalue weighted by molar-refractivity contribution is 1.13. The van der Waals surface area contributed by atoms with E-state index in [1.165, 1.54) is 0 Å². The highest BCUT2D eigenvalue weighted by atomic mass is 15.0. The van der Waals surface area contributed by atoms with Gasteiger partial charge in [-0.15, -0.1) is 0 Å². The highest BCUT2D eigenvalue weighted by Crippen LogP contribution is 2.04. The molecule has 2 aromatic rings. The Hall–Kier alpha value is -1.58. The average Bonchev–Trinajstić information content (AvgIpc) is 2.36. The minimum Gasteiger partial charge on any atom is -0.381 e. The van der Waals surface area contributed by atoms with Gasteiger partial charge < -0.3 is 10.1 Å². The molecule has 4 nitrogen and oxygen atoms in total. The Morgan fingerprint density at radius 1 is 1.60 bits per heavy atom. The van der Waals surface area contributed by atoms with E-state index in [0.29, 0.717) is 11.5 Å². The van der Waals surface area contributed by atoms with Gasteiger partial charge in [0.25, 0.3) is 0 Å². The van der Waals surface area contributed by atoms with Crippen molar-refractivity contribution in [3.8, 4) is 0 Å². The molecule has 0 saturated carbocycles. The number of fused-ring (bicyclic) bond motifs is 1. The lowest BCUT2D eigenvalue weighted by Gasteiger charge is -1.92. The largest absolute Gasteiger partial charge is 0.381 e. The SMILES string of the molecule is Nc1n[c]cn2ccnc12. The van der Waals surface area contributed by atoms with Gasteiger partial charge in [0.2, 0.25) is 0 Å². The van der Waals surface area contributed by atoms with Gasteiger partial charge in [-0.2, -0.15) is 0 Å². The van der Waals surface area contributed by atoms with Crippen LogP contribution in [0.1, 0.15) is 0 Å². The molecule has 0 aromatic carbocycles. The molecule has 49 valence electrons. The summed E-state index contributed by atoms with van der Waals surface area (Å²) in [5, 5.41) is 0. The molecule has 0 aliphatic carbocycles. The van der Waals surface area contributed by atoms with Gasteiger partial charge in [-0.3, -0.25) is 0 Å². The summed E-state index contributed by atoms with van der Waals surface area (Å²) in [6.45, 7) is 0. The van der Waals surface area contributed by atoms with E-state index >= 15 is 0 Å². The summed E-state index contributed by atoms with van der Waals surface area (Å²) in [5.74, 6) is 0.410. The summed E-state index contributed by atoms with van der Waals surface area (Å²) >= 11 is 0. The molecule has 0 aliphatic rings. The van der Waals surface area contributed by atoms with Crippen LogP contribution in [-0.2, 0) is 0 Å². The molecule has 4 heteroatoms. The zero-order valence-electron chi connectivity index (χ0n) is 5.15. The second kappa shape index (κ2) is 1.70. The average molecular weight is 133 g/mol. The van der Waals surface area contributed by atoms with E-state index in [4.69, 9.17) is 5.73 Å². The van der Waals surface area contributed by atoms with Crippen molar-refractivity contribution in [3.05, 3.63) is 24.8 Å².